The van der Waals surface area contributed by atoms with Crippen molar-refractivity contribution in [1.82, 2.24) is 0 Å². The number of hydrogen-bond acceptors (Lipinski definition) is 1. The van der Waals surface area contributed by atoms with Gasteiger partial charge in [0.25, 0.3) is 0 Å². The molecule has 0 bridgehead atoms. The molecule has 0 spiro atoms. The first kappa shape index (κ1) is 12.6. The summed E-state index contributed by atoms with van der Waals surface area (Å²) < 4.78 is 13.1. The second-order valence-electron chi connectivity index (χ2n) is 5.38. The summed E-state index contributed by atoms with van der Waals surface area (Å²) in [6, 6.07) is 6.59. The van der Waals surface area contributed by atoms with Gasteiger partial charge < -0.3 is 5.11 Å². The number of rotatable bonds is 3. The second kappa shape index (κ2) is 5.18. The van der Waals surface area contributed by atoms with Crippen LogP contribution >= 0.6 is 0 Å². The molecule has 1 aromatic rings. The van der Waals surface area contributed by atoms with Gasteiger partial charge in [-0.3, -0.25) is 0 Å². The van der Waals surface area contributed by atoms with E-state index in [1.807, 2.05) is 6.07 Å². The maximum Gasteiger partial charge on any atom is 0.123 e. The molecular weight excluding hydrogens is 215 g/mol. The highest BCUT2D eigenvalue weighted by molar-refractivity contribution is 5.18. The van der Waals surface area contributed by atoms with Crippen molar-refractivity contribution in [3.05, 3.63) is 35.6 Å². The third kappa shape index (κ3) is 3.29. The van der Waals surface area contributed by atoms with Crippen LogP contribution in [0.2, 0.25) is 0 Å². The quantitative estimate of drug-likeness (QED) is 0.848. The third-order valence-corrected chi connectivity index (χ3v) is 4.04. The fraction of sp³-hybridized carbons (Fsp3) is 0.600. The lowest BCUT2D eigenvalue weighted by molar-refractivity contribution is -0.00925. The van der Waals surface area contributed by atoms with Gasteiger partial charge in [0, 0.05) is 6.42 Å². The van der Waals surface area contributed by atoms with Crippen molar-refractivity contribution in [2.75, 3.05) is 0 Å². The van der Waals surface area contributed by atoms with Crippen LogP contribution in [0.3, 0.4) is 0 Å². The molecule has 0 aromatic heterocycles. The molecule has 0 radical (unpaired) electrons. The van der Waals surface area contributed by atoms with Crippen molar-refractivity contribution in [2.45, 2.75) is 51.0 Å². The zero-order valence-corrected chi connectivity index (χ0v) is 10.5. The Morgan fingerprint density at radius 2 is 2.06 bits per heavy atom. The van der Waals surface area contributed by atoms with Crippen molar-refractivity contribution >= 4 is 0 Å². The van der Waals surface area contributed by atoms with Gasteiger partial charge in [-0.25, -0.2) is 4.39 Å². The maximum absolute atomic E-state index is 13.1. The van der Waals surface area contributed by atoms with Gasteiger partial charge >= 0.3 is 0 Å². The molecule has 1 nitrogen and oxygen atoms in total. The summed E-state index contributed by atoms with van der Waals surface area (Å²) in [4.78, 5) is 0. The smallest absolute Gasteiger partial charge is 0.123 e. The lowest BCUT2D eigenvalue weighted by Crippen LogP contribution is -2.36. The lowest BCUT2D eigenvalue weighted by atomic mass is 9.75. The van der Waals surface area contributed by atoms with Crippen LogP contribution in [0.4, 0.5) is 4.39 Å². The van der Waals surface area contributed by atoms with Gasteiger partial charge in [-0.2, -0.15) is 0 Å². The fourth-order valence-electron chi connectivity index (χ4n) is 2.83. The molecule has 1 aliphatic carbocycles. The van der Waals surface area contributed by atoms with E-state index >= 15 is 0 Å². The van der Waals surface area contributed by atoms with E-state index in [9.17, 15) is 9.50 Å². The standard InChI is InChI=1S/C15H21FO/c1-2-12-6-8-15(17,9-7-12)11-13-4-3-5-14(16)10-13/h3-5,10,12,17H,2,6-9,11H2,1H3. The van der Waals surface area contributed by atoms with Gasteiger partial charge in [0.15, 0.2) is 0 Å². The molecule has 1 fully saturated rings. The van der Waals surface area contributed by atoms with Crippen molar-refractivity contribution in [2.24, 2.45) is 5.92 Å². The third-order valence-electron chi connectivity index (χ3n) is 4.04. The molecule has 1 saturated carbocycles. The molecule has 17 heavy (non-hydrogen) atoms. The Kier molecular flexibility index (Phi) is 3.82. The van der Waals surface area contributed by atoms with Crippen LogP contribution in [0.1, 0.15) is 44.6 Å². The minimum atomic E-state index is -0.612. The summed E-state index contributed by atoms with van der Waals surface area (Å²) in [6.07, 6.45) is 5.69. The first-order chi connectivity index (χ1) is 8.11. The number of halogens is 1. The van der Waals surface area contributed by atoms with Gasteiger partial charge in [-0.1, -0.05) is 25.5 Å². The van der Waals surface area contributed by atoms with Gasteiger partial charge in [0.2, 0.25) is 0 Å². The van der Waals surface area contributed by atoms with Gasteiger partial charge in [-0.15, -0.1) is 0 Å². The Morgan fingerprint density at radius 3 is 2.65 bits per heavy atom. The van der Waals surface area contributed by atoms with Crippen LogP contribution in [-0.2, 0) is 6.42 Å². The molecule has 2 heteroatoms. The minimum Gasteiger partial charge on any atom is -0.390 e. The Balaban J connectivity index is 1.99. The highest BCUT2D eigenvalue weighted by atomic mass is 19.1. The predicted octanol–water partition coefficient (Wildman–Crippen LogP) is 3.70. The van der Waals surface area contributed by atoms with E-state index in [0.717, 1.165) is 37.2 Å². The summed E-state index contributed by atoms with van der Waals surface area (Å²) in [5.41, 5.74) is 0.293. The summed E-state index contributed by atoms with van der Waals surface area (Å²) in [7, 11) is 0. The van der Waals surface area contributed by atoms with E-state index in [0.29, 0.717) is 6.42 Å². The number of hydrogen-bond donors (Lipinski definition) is 1. The van der Waals surface area contributed by atoms with E-state index in [2.05, 4.69) is 6.92 Å². The molecule has 0 unspecified atom stereocenters. The van der Waals surface area contributed by atoms with Crippen LogP contribution in [0.25, 0.3) is 0 Å². The van der Waals surface area contributed by atoms with Gasteiger partial charge in [-0.05, 0) is 49.3 Å². The average molecular weight is 236 g/mol. The maximum atomic E-state index is 13.1. The number of aliphatic hydroxyl groups is 1. The van der Waals surface area contributed by atoms with Gasteiger partial charge in [0.1, 0.15) is 5.82 Å². The van der Waals surface area contributed by atoms with Crippen molar-refractivity contribution in [1.29, 1.82) is 0 Å². The molecule has 0 aliphatic heterocycles. The highest BCUT2D eigenvalue weighted by Gasteiger charge is 2.32. The summed E-state index contributed by atoms with van der Waals surface area (Å²) >= 11 is 0. The molecule has 0 saturated heterocycles. The molecule has 0 atom stereocenters. The van der Waals surface area contributed by atoms with Gasteiger partial charge in [0.05, 0.1) is 5.60 Å². The first-order valence-electron chi connectivity index (χ1n) is 6.58. The van der Waals surface area contributed by atoms with Crippen LogP contribution in [0.5, 0.6) is 0 Å². The Bertz CT molecular complexity index is 367. The summed E-state index contributed by atoms with van der Waals surface area (Å²) in [5.74, 6) is 0.552. The van der Waals surface area contributed by atoms with E-state index in [-0.39, 0.29) is 5.82 Å². The zero-order valence-electron chi connectivity index (χ0n) is 10.5. The lowest BCUT2D eigenvalue weighted by Gasteiger charge is -2.36. The molecule has 1 aliphatic rings. The highest BCUT2D eigenvalue weighted by Crippen LogP contribution is 2.35. The molecule has 0 amide bonds. The summed E-state index contributed by atoms with van der Waals surface area (Å²) in [5, 5.41) is 10.5. The van der Waals surface area contributed by atoms with E-state index in [4.69, 9.17) is 0 Å². The minimum absolute atomic E-state index is 0.214. The molecule has 1 N–H and O–H groups in total. The monoisotopic (exact) mass is 236 g/mol. The molecule has 94 valence electrons. The van der Waals surface area contributed by atoms with Crippen molar-refractivity contribution in [3.8, 4) is 0 Å². The van der Waals surface area contributed by atoms with E-state index < -0.39 is 5.60 Å². The zero-order chi connectivity index (χ0) is 12.3. The Morgan fingerprint density at radius 1 is 1.35 bits per heavy atom. The number of benzene rings is 1. The van der Waals surface area contributed by atoms with Crippen molar-refractivity contribution in [3.63, 3.8) is 0 Å². The normalized spacial score (nSPS) is 29.2. The largest absolute Gasteiger partial charge is 0.390 e. The molecule has 2 rings (SSSR count). The van der Waals surface area contributed by atoms with Crippen LogP contribution in [0.15, 0.2) is 24.3 Å². The van der Waals surface area contributed by atoms with Crippen LogP contribution < -0.4 is 0 Å². The fourth-order valence-corrected chi connectivity index (χ4v) is 2.83. The first-order valence-corrected chi connectivity index (χ1v) is 6.58. The molecule has 0 heterocycles. The summed E-state index contributed by atoms with van der Waals surface area (Å²) in [6.45, 7) is 2.21. The SMILES string of the molecule is CCC1CCC(O)(Cc2cccc(F)c2)CC1. The molecular formula is C15H21FO. The van der Waals surface area contributed by atoms with Crippen LogP contribution in [-0.4, -0.2) is 10.7 Å². The second-order valence-corrected chi connectivity index (χ2v) is 5.38. The Hall–Kier alpha value is -0.890. The van der Waals surface area contributed by atoms with Crippen molar-refractivity contribution < 1.29 is 9.50 Å². The van der Waals surface area contributed by atoms with E-state index in [1.165, 1.54) is 18.6 Å². The Labute approximate surface area is 103 Å². The topological polar surface area (TPSA) is 20.2 Å². The van der Waals surface area contributed by atoms with E-state index in [1.54, 1.807) is 6.07 Å². The predicted molar refractivity (Wildman–Crippen MR) is 67.3 cm³/mol. The molecule has 1 aromatic carbocycles. The van der Waals surface area contributed by atoms with Crippen LogP contribution in [0, 0.1) is 11.7 Å². The average Bonchev–Trinajstić information content (AvgIpc) is 2.29.